The Balaban J connectivity index is 2.19. The monoisotopic (exact) mass is 304 g/mol. The Morgan fingerprint density at radius 3 is 2.67 bits per heavy atom. The van der Waals surface area contributed by atoms with E-state index in [9.17, 15) is 0 Å². The minimum absolute atomic E-state index is 0.320. The average Bonchev–Trinajstić information content (AvgIpc) is 2.38. The number of halogens is 1. The van der Waals surface area contributed by atoms with Gasteiger partial charge in [0.05, 0.1) is 12.5 Å². The summed E-state index contributed by atoms with van der Waals surface area (Å²) >= 11 is 3.26. The molecule has 0 amide bonds. The number of benzene rings is 1. The van der Waals surface area contributed by atoms with Gasteiger partial charge in [0.1, 0.15) is 22.4 Å². The van der Waals surface area contributed by atoms with E-state index in [0.29, 0.717) is 28.3 Å². The number of nitrogens with two attached hydrogens (primary N) is 1. The van der Waals surface area contributed by atoms with Gasteiger partial charge in [0.15, 0.2) is 0 Å². The van der Waals surface area contributed by atoms with E-state index < -0.39 is 0 Å². The van der Waals surface area contributed by atoms with Crippen LogP contribution in [0.4, 0.5) is 5.82 Å². The molecule has 1 heterocycles. The molecule has 0 saturated carbocycles. The number of anilines is 1. The molecule has 1 aromatic carbocycles. The van der Waals surface area contributed by atoms with E-state index in [4.69, 9.17) is 15.7 Å². The summed E-state index contributed by atoms with van der Waals surface area (Å²) in [5.74, 6) is 1.30. The fourth-order valence-corrected chi connectivity index (χ4v) is 1.60. The van der Waals surface area contributed by atoms with E-state index >= 15 is 0 Å². The minimum atomic E-state index is 0.320. The van der Waals surface area contributed by atoms with E-state index in [2.05, 4.69) is 32.0 Å². The van der Waals surface area contributed by atoms with E-state index in [-0.39, 0.29) is 0 Å². The van der Waals surface area contributed by atoms with Gasteiger partial charge in [-0.25, -0.2) is 9.97 Å². The van der Waals surface area contributed by atoms with Crippen LogP contribution in [0.1, 0.15) is 5.56 Å². The third-order valence-corrected chi connectivity index (χ3v) is 2.95. The third kappa shape index (κ3) is 2.76. The fourth-order valence-electron chi connectivity index (χ4n) is 1.32. The normalized spacial score (nSPS) is 9.78. The zero-order valence-corrected chi connectivity index (χ0v) is 10.9. The lowest BCUT2D eigenvalue weighted by Gasteiger charge is -2.07. The molecular weight excluding hydrogens is 296 g/mol. The number of nitrogens with zero attached hydrogens (tertiary/aromatic N) is 3. The van der Waals surface area contributed by atoms with E-state index in [1.807, 2.05) is 12.1 Å². The first-order valence-corrected chi connectivity index (χ1v) is 5.89. The molecule has 0 fully saturated rings. The molecule has 2 aromatic rings. The largest absolute Gasteiger partial charge is 0.438 e. The molecule has 0 spiro atoms. The molecule has 2 N–H and O–H groups in total. The summed E-state index contributed by atoms with van der Waals surface area (Å²) in [6, 6.07) is 9.30. The molecule has 6 heteroatoms. The van der Waals surface area contributed by atoms with Crippen LogP contribution in [0, 0.1) is 11.3 Å². The Morgan fingerprint density at radius 1 is 1.28 bits per heavy atom. The first-order valence-electron chi connectivity index (χ1n) is 5.10. The lowest BCUT2D eigenvalue weighted by atomic mass is 10.2. The molecule has 2 rings (SSSR count). The number of rotatable bonds is 3. The van der Waals surface area contributed by atoms with Gasteiger partial charge in [-0.2, -0.15) is 5.26 Å². The van der Waals surface area contributed by atoms with Crippen molar-refractivity contribution < 1.29 is 4.74 Å². The van der Waals surface area contributed by atoms with E-state index in [1.54, 1.807) is 12.1 Å². The summed E-state index contributed by atoms with van der Waals surface area (Å²) in [7, 11) is 0. The fraction of sp³-hybridized carbons (Fsp3) is 0.0833. The molecule has 90 valence electrons. The van der Waals surface area contributed by atoms with Gasteiger partial charge in [0.25, 0.3) is 0 Å². The molecule has 0 bridgehead atoms. The summed E-state index contributed by atoms with van der Waals surface area (Å²) in [4.78, 5) is 7.80. The average molecular weight is 305 g/mol. The molecule has 18 heavy (non-hydrogen) atoms. The van der Waals surface area contributed by atoms with Gasteiger partial charge in [0.2, 0.25) is 5.88 Å². The maximum atomic E-state index is 8.57. The summed E-state index contributed by atoms with van der Waals surface area (Å²) in [5.41, 5.74) is 6.56. The van der Waals surface area contributed by atoms with Gasteiger partial charge in [-0.05, 0) is 33.6 Å². The number of nitrogen functional groups attached to an aromatic ring is 1. The Morgan fingerprint density at radius 2 is 2.00 bits per heavy atom. The van der Waals surface area contributed by atoms with Crippen LogP contribution in [0.25, 0.3) is 0 Å². The van der Waals surface area contributed by atoms with Crippen LogP contribution in [0.2, 0.25) is 0 Å². The molecule has 0 saturated heterocycles. The van der Waals surface area contributed by atoms with Gasteiger partial charge in [-0.15, -0.1) is 0 Å². The quantitative estimate of drug-likeness (QED) is 0.942. The van der Waals surface area contributed by atoms with Gasteiger partial charge < -0.3 is 10.5 Å². The predicted molar refractivity (Wildman–Crippen MR) is 70.0 cm³/mol. The van der Waals surface area contributed by atoms with Crippen molar-refractivity contribution in [2.24, 2.45) is 0 Å². The topological polar surface area (TPSA) is 84.8 Å². The van der Waals surface area contributed by atoms with Crippen molar-refractivity contribution in [2.45, 2.75) is 6.42 Å². The minimum Gasteiger partial charge on any atom is -0.438 e. The highest BCUT2D eigenvalue weighted by atomic mass is 79.9. The van der Waals surface area contributed by atoms with Crippen LogP contribution >= 0.6 is 15.9 Å². The van der Waals surface area contributed by atoms with Crippen molar-refractivity contribution in [3.8, 4) is 17.7 Å². The van der Waals surface area contributed by atoms with Gasteiger partial charge in [0, 0.05) is 0 Å². The number of hydrogen-bond acceptors (Lipinski definition) is 5. The Labute approximate surface area is 112 Å². The van der Waals surface area contributed by atoms with Crippen molar-refractivity contribution in [3.05, 3.63) is 40.6 Å². The van der Waals surface area contributed by atoms with Crippen LogP contribution in [-0.4, -0.2) is 9.97 Å². The summed E-state index contributed by atoms with van der Waals surface area (Å²) in [5, 5.41) is 8.57. The van der Waals surface area contributed by atoms with Crippen molar-refractivity contribution in [1.82, 2.24) is 9.97 Å². The summed E-state index contributed by atoms with van der Waals surface area (Å²) < 4.78 is 6.08. The Bertz CT molecular complexity index is 592. The maximum absolute atomic E-state index is 8.57. The zero-order chi connectivity index (χ0) is 13.0. The standard InChI is InChI=1S/C12H9BrN4O/c13-10-11(15)16-7-17-12(10)18-9-3-1-8(2-4-9)5-6-14/h1-4,7H,5H2,(H2,15,16,17). The van der Waals surface area contributed by atoms with Crippen molar-refractivity contribution in [1.29, 1.82) is 5.26 Å². The molecule has 0 unspecified atom stereocenters. The van der Waals surface area contributed by atoms with Gasteiger partial charge in [-0.3, -0.25) is 0 Å². The first-order chi connectivity index (χ1) is 8.70. The molecule has 0 atom stereocenters. The SMILES string of the molecule is N#CCc1ccc(Oc2ncnc(N)c2Br)cc1. The molecular formula is C12H9BrN4O. The highest BCUT2D eigenvalue weighted by molar-refractivity contribution is 9.10. The molecule has 0 aliphatic heterocycles. The number of nitriles is 1. The molecule has 5 nitrogen and oxygen atoms in total. The van der Waals surface area contributed by atoms with Crippen molar-refractivity contribution in [2.75, 3.05) is 5.73 Å². The van der Waals surface area contributed by atoms with Gasteiger partial charge in [-0.1, -0.05) is 12.1 Å². The maximum Gasteiger partial charge on any atom is 0.238 e. The number of aromatic nitrogens is 2. The van der Waals surface area contributed by atoms with Crippen LogP contribution < -0.4 is 10.5 Å². The lowest BCUT2D eigenvalue weighted by molar-refractivity contribution is 0.458. The molecule has 1 aromatic heterocycles. The molecule has 0 aliphatic rings. The molecule has 0 aliphatic carbocycles. The Kier molecular flexibility index (Phi) is 3.75. The second-order valence-corrected chi connectivity index (χ2v) is 4.25. The Hall–Kier alpha value is -2.13. The lowest BCUT2D eigenvalue weighted by Crippen LogP contribution is -1.96. The van der Waals surface area contributed by atoms with Gasteiger partial charge >= 0.3 is 0 Å². The highest BCUT2D eigenvalue weighted by Crippen LogP contribution is 2.30. The number of hydrogen-bond donors (Lipinski definition) is 1. The first kappa shape index (κ1) is 12.3. The summed E-state index contributed by atoms with van der Waals surface area (Å²) in [6.45, 7) is 0. The smallest absolute Gasteiger partial charge is 0.238 e. The second-order valence-electron chi connectivity index (χ2n) is 3.46. The van der Waals surface area contributed by atoms with Crippen molar-refractivity contribution >= 4 is 21.7 Å². The van der Waals surface area contributed by atoms with Crippen LogP contribution in [-0.2, 0) is 6.42 Å². The summed E-state index contributed by atoms with van der Waals surface area (Å²) in [6.07, 6.45) is 1.71. The van der Waals surface area contributed by atoms with Crippen LogP contribution in [0.15, 0.2) is 35.1 Å². The number of ether oxygens (including phenoxy) is 1. The highest BCUT2D eigenvalue weighted by Gasteiger charge is 2.08. The zero-order valence-electron chi connectivity index (χ0n) is 9.30. The van der Waals surface area contributed by atoms with Crippen LogP contribution in [0.5, 0.6) is 11.6 Å². The third-order valence-electron chi connectivity index (χ3n) is 2.21. The van der Waals surface area contributed by atoms with Crippen molar-refractivity contribution in [3.63, 3.8) is 0 Å². The van der Waals surface area contributed by atoms with E-state index in [1.165, 1.54) is 6.33 Å². The predicted octanol–water partition coefficient (Wildman–Crippen LogP) is 2.68. The van der Waals surface area contributed by atoms with E-state index in [0.717, 1.165) is 5.56 Å². The molecule has 0 radical (unpaired) electrons. The van der Waals surface area contributed by atoms with Crippen LogP contribution in [0.3, 0.4) is 0 Å². The second kappa shape index (κ2) is 5.47.